The zero-order chi connectivity index (χ0) is 15.8. The summed E-state index contributed by atoms with van der Waals surface area (Å²) in [7, 11) is 1.58. The zero-order valence-electron chi connectivity index (χ0n) is 12.8. The number of furan rings is 1. The van der Waals surface area contributed by atoms with Crippen molar-refractivity contribution in [1.82, 2.24) is 4.90 Å². The van der Waals surface area contributed by atoms with Crippen molar-refractivity contribution < 1.29 is 23.8 Å². The molecule has 1 heterocycles. The van der Waals surface area contributed by atoms with Crippen LogP contribution >= 0.6 is 0 Å². The van der Waals surface area contributed by atoms with Crippen LogP contribution in [0.5, 0.6) is 0 Å². The van der Waals surface area contributed by atoms with Crippen LogP contribution in [0.4, 0.5) is 0 Å². The molecule has 1 N–H and O–H groups in total. The standard InChI is InChI=1S/C15H23NO5/c1-4-6-7-16(8-9-20-3)14(17)13-10-11(15(18)19)12(5-2)21-13/h10H,4-9H2,1-3H3,(H,18,19). The van der Waals surface area contributed by atoms with Crippen LogP contribution in [-0.4, -0.2) is 48.7 Å². The number of aromatic carboxylic acids is 1. The molecule has 0 aliphatic heterocycles. The molecule has 0 aliphatic carbocycles. The topological polar surface area (TPSA) is 80.0 Å². The van der Waals surface area contributed by atoms with Crippen LogP contribution in [0, 0.1) is 0 Å². The average molecular weight is 297 g/mol. The van der Waals surface area contributed by atoms with Crippen molar-refractivity contribution in [1.29, 1.82) is 0 Å². The number of ether oxygens (including phenoxy) is 1. The summed E-state index contributed by atoms with van der Waals surface area (Å²) >= 11 is 0. The summed E-state index contributed by atoms with van der Waals surface area (Å²) in [6.07, 6.45) is 2.28. The summed E-state index contributed by atoms with van der Waals surface area (Å²) in [5.41, 5.74) is 0.0584. The first-order valence-corrected chi connectivity index (χ1v) is 7.19. The summed E-state index contributed by atoms with van der Waals surface area (Å²) in [5.74, 6) is -0.959. The van der Waals surface area contributed by atoms with Crippen molar-refractivity contribution in [2.75, 3.05) is 26.8 Å². The van der Waals surface area contributed by atoms with Gasteiger partial charge in [0, 0.05) is 32.7 Å². The largest absolute Gasteiger partial charge is 0.478 e. The fraction of sp³-hybridized carbons (Fsp3) is 0.600. The van der Waals surface area contributed by atoms with Crippen molar-refractivity contribution in [3.05, 3.63) is 23.2 Å². The van der Waals surface area contributed by atoms with E-state index in [1.807, 2.05) is 6.92 Å². The Morgan fingerprint density at radius 2 is 2.05 bits per heavy atom. The van der Waals surface area contributed by atoms with Crippen LogP contribution in [0.15, 0.2) is 10.5 Å². The lowest BCUT2D eigenvalue weighted by atomic mass is 10.2. The Kier molecular flexibility index (Phi) is 6.94. The number of aryl methyl sites for hydroxylation is 1. The number of hydrogen-bond acceptors (Lipinski definition) is 4. The third kappa shape index (κ3) is 4.60. The smallest absolute Gasteiger partial charge is 0.339 e. The van der Waals surface area contributed by atoms with Crippen molar-refractivity contribution >= 4 is 11.9 Å². The highest BCUT2D eigenvalue weighted by Gasteiger charge is 2.23. The van der Waals surface area contributed by atoms with E-state index in [1.165, 1.54) is 6.07 Å². The molecule has 0 spiro atoms. The molecule has 0 saturated heterocycles. The Hall–Kier alpha value is -1.82. The molecule has 1 aromatic heterocycles. The molecule has 0 unspecified atom stereocenters. The van der Waals surface area contributed by atoms with Gasteiger partial charge < -0.3 is 19.2 Å². The van der Waals surface area contributed by atoms with E-state index in [1.54, 1.807) is 18.9 Å². The molecule has 6 nitrogen and oxygen atoms in total. The Balaban J connectivity index is 2.93. The molecule has 1 amide bonds. The van der Waals surface area contributed by atoms with Gasteiger partial charge in [-0.15, -0.1) is 0 Å². The lowest BCUT2D eigenvalue weighted by Crippen LogP contribution is -2.34. The molecular formula is C15H23NO5. The molecule has 6 heteroatoms. The lowest BCUT2D eigenvalue weighted by molar-refractivity contribution is 0.0658. The molecule has 0 fully saturated rings. The van der Waals surface area contributed by atoms with Gasteiger partial charge in [0.1, 0.15) is 11.3 Å². The third-order valence-electron chi connectivity index (χ3n) is 3.21. The Morgan fingerprint density at radius 3 is 2.52 bits per heavy atom. The van der Waals surface area contributed by atoms with Gasteiger partial charge in [-0.05, 0) is 6.42 Å². The SMILES string of the molecule is CCCCN(CCOC)C(=O)c1cc(C(=O)O)c(CC)o1. The average Bonchev–Trinajstić information content (AvgIpc) is 2.91. The summed E-state index contributed by atoms with van der Waals surface area (Å²) in [6, 6.07) is 1.31. The van der Waals surface area contributed by atoms with Crippen molar-refractivity contribution in [3.63, 3.8) is 0 Å². The van der Waals surface area contributed by atoms with Crippen molar-refractivity contribution in [3.8, 4) is 0 Å². The Morgan fingerprint density at radius 1 is 1.33 bits per heavy atom. The van der Waals surface area contributed by atoms with E-state index in [2.05, 4.69) is 0 Å². The molecule has 0 bridgehead atoms. The molecular weight excluding hydrogens is 274 g/mol. The maximum absolute atomic E-state index is 12.4. The first-order valence-electron chi connectivity index (χ1n) is 7.19. The second-order valence-corrected chi connectivity index (χ2v) is 4.74. The second-order valence-electron chi connectivity index (χ2n) is 4.74. The summed E-state index contributed by atoms with van der Waals surface area (Å²) in [5, 5.41) is 9.11. The molecule has 0 saturated carbocycles. The van der Waals surface area contributed by atoms with E-state index in [-0.39, 0.29) is 17.2 Å². The van der Waals surface area contributed by atoms with Gasteiger partial charge in [-0.2, -0.15) is 0 Å². The Labute approximate surface area is 124 Å². The molecule has 0 aliphatic rings. The second kappa shape index (κ2) is 8.46. The van der Waals surface area contributed by atoms with Gasteiger partial charge in [0.25, 0.3) is 5.91 Å². The van der Waals surface area contributed by atoms with Gasteiger partial charge >= 0.3 is 5.97 Å². The van der Waals surface area contributed by atoms with Crippen LogP contribution in [0.1, 0.15) is 53.4 Å². The molecule has 0 aromatic carbocycles. The maximum atomic E-state index is 12.4. The quantitative estimate of drug-likeness (QED) is 0.757. The monoisotopic (exact) mass is 297 g/mol. The number of hydrogen-bond donors (Lipinski definition) is 1. The van der Waals surface area contributed by atoms with E-state index >= 15 is 0 Å². The summed E-state index contributed by atoms with van der Waals surface area (Å²) < 4.78 is 10.4. The number of carbonyl (C=O) groups excluding carboxylic acids is 1. The van der Waals surface area contributed by atoms with Gasteiger partial charge in [0.15, 0.2) is 5.76 Å². The number of unbranched alkanes of at least 4 members (excludes halogenated alkanes) is 1. The number of carboxylic acids is 1. The van der Waals surface area contributed by atoms with Gasteiger partial charge in [-0.1, -0.05) is 20.3 Å². The number of amides is 1. The van der Waals surface area contributed by atoms with Crippen LogP contribution in [0.3, 0.4) is 0 Å². The fourth-order valence-corrected chi connectivity index (χ4v) is 2.00. The van der Waals surface area contributed by atoms with Crippen molar-refractivity contribution in [2.24, 2.45) is 0 Å². The van der Waals surface area contributed by atoms with Crippen LogP contribution in [0.25, 0.3) is 0 Å². The molecule has 21 heavy (non-hydrogen) atoms. The highest BCUT2D eigenvalue weighted by atomic mass is 16.5. The van der Waals surface area contributed by atoms with Gasteiger partial charge in [-0.3, -0.25) is 4.79 Å². The van der Waals surface area contributed by atoms with Gasteiger partial charge in [0.05, 0.1) is 6.61 Å². The lowest BCUT2D eigenvalue weighted by Gasteiger charge is -2.20. The predicted octanol–water partition coefficient (Wildman–Crippen LogP) is 2.43. The van der Waals surface area contributed by atoms with E-state index in [0.717, 1.165) is 12.8 Å². The minimum Gasteiger partial charge on any atom is -0.478 e. The number of nitrogens with zero attached hydrogens (tertiary/aromatic N) is 1. The van der Waals surface area contributed by atoms with Gasteiger partial charge in [-0.25, -0.2) is 4.79 Å². The van der Waals surface area contributed by atoms with Crippen LogP contribution in [0.2, 0.25) is 0 Å². The number of rotatable bonds is 9. The number of carboxylic acid groups (broad SMARTS) is 1. The maximum Gasteiger partial charge on any atom is 0.339 e. The highest BCUT2D eigenvalue weighted by Crippen LogP contribution is 2.18. The summed E-state index contributed by atoms with van der Waals surface area (Å²) in [4.78, 5) is 25.2. The van der Waals surface area contributed by atoms with E-state index < -0.39 is 5.97 Å². The minimum absolute atomic E-state index is 0.0584. The normalized spacial score (nSPS) is 10.6. The predicted molar refractivity (Wildman–Crippen MR) is 77.7 cm³/mol. The molecule has 118 valence electrons. The fourth-order valence-electron chi connectivity index (χ4n) is 2.00. The number of carbonyl (C=O) groups is 2. The zero-order valence-corrected chi connectivity index (χ0v) is 12.8. The highest BCUT2D eigenvalue weighted by molar-refractivity contribution is 5.96. The first-order chi connectivity index (χ1) is 10.0. The first kappa shape index (κ1) is 17.2. The Bertz CT molecular complexity index is 472. The van der Waals surface area contributed by atoms with E-state index in [9.17, 15) is 9.59 Å². The third-order valence-corrected chi connectivity index (χ3v) is 3.21. The van der Waals surface area contributed by atoms with Gasteiger partial charge in [0.2, 0.25) is 0 Å². The molecule has 1 aromatic rings. The van der Waals surface area contributed by atoms with Crippen LogP contribution in [-0.2, 0) is 11.2 Å². The van der Waals surface area contributed by atoms with E-state index in [0.29, 0.717) is 31.9 Å². The van der Waals surface area contributed by atoms with Crippen molar-refractivity contribution in [2.45, 2.75) is 33.1 Å². The number of methoxy groups -OCH3 is 1. The minimum atomic E-state index is -1.08. The molecule has 0 atom stereocenters. The summed E-state index contributed by atoms with van der Waals surface area (Å²) in [6.45, 7) is 5.33. The molecule has 0 radical (unpaired) electrons. The molecule has 1 rings (SSSR count). The van der Waals surface area contributed by atoms with Crippen LogP contribution < -0.4 is 0 Å². The van der Waals surface area contributed by atoms with E-state index in [4.69, 9.17) is 14.3 Å².